The van der Waals surface area contributed by atoms with E-state index in [9.17, 15) is 14.9 Å². The van der Waals surface area contributed by atoms with Gasteiger partial charge in [0.15, 0.2) is 0 Å². The first-order chi connectivity index (χ1) is 10.1. The number of aromatic amines is 1. The molecule has 0 atom stereocenters. The van der Waals surface area contributed by atoms with Crippen molar-refractivity contribution in [1.29, 1.82) is 0 Å². The van der Waals surface area contributed by atoms with Crippen molar-refractivity contribution in [2.75, 3.05) is 18.9 Å². The van der Waals surface area contributed by atoms with E-state index in [-0.39, 0.29) is 17.2 Å². The average Bonchev–Trinajstić information content (AvgIpc) is 2.99. The number of benzene rings is 1. The van der Waals surface area contributed by atoms with Gasteiger partial charge in [0.05, 0.1) is 10.5 Å². The zero-order valence-corrected chi connectivity index (χ0v) is 11.3. The highest BCUT2D eigenvalue weighted by Crippen LogP contribution is 2.21. The number of carbonyl (C=O) groups excluding carboxylic acids is 1. The number of aromatic nitrogens is 3. The first-order valence-corrected chi connectivity index (χ1v) is 6.20. The molecule has 0 bridgehead atoms. The fourth-order valence-electron chi connectivity index (χ4n) is 1.79. The monoisotopic (exact) mass is 290 g/mol. The van der Waals surface area contributed by atoms with Crippen LogP contribution in [0, 0.1) is 10.1 Å². The van der Waals surface area contributed by atoms with Crippen molar-refractivity contribution in [1.82, 2.24) is 20.5 Å². The maximum absolute atomic E-state index is 12.1. The van der Waals surface area contributed by atoms with Crippen LogP contribution in [0.25, 0.3) is 0 Å². The van der Waals surface area contributed by atoms with Crippen LogP contribution in [0.5, 0.6) is 0 Å². The molecule has 9 nitrogen and oxygen atoms in total. The summed E-state index contributed by atoms with van der Waals surface area (Å²) in [6.45, 7) is 0.347. The third-order valence-corrected chi connectivity index (χ3v) is 2.84. The molecular formula is C12H14N6O3. The molecule has 0 aliphatic heterocycles. The first-order valence-electron chi connectivity index (χ1n) is 6.20. The average molecular weight is 290 g/mol. The normalized spacial score (nSPS) is 10.1. The number of hydrogen-bond donors (Lipinski definition) is 3. The van der Waals surface area contributed by atoms with E-state index in [2.05, 4.69) is 25.8 Å². The van der Waals surface area contributed by atoms with Crippen molar-refractivity contribution in [2.24, 2.45) is 0 Å². The van der Waals surface area contributed by atoms with E-state index in [1.54, 1.807) is 7.05 Å². The topological polar surface area (TPSA) is 126 Å². The molecular weight excluding hydrogens is 276 g/mol. The summed E-state index contributed by atoms with van der Waals surface area (Å²) < 4.78 is 0. The Morgan fingerprint density at radius 1 is 1.48 bits per heavy atom. The Morgan fingerprint density at radius 2 is 2.29 bits per heavy atom. The number of nitrogens with one attached hydrogen (secondary N) is 3. The van der Waals surface area contributed by atoms with Crippen molar-refractivity contribution in [3.63, 3.8) is 0 Å². The summed E-state index contributed by atoms with van der Waals surface area (Å²) in [6.07, 6.45) is 1.88. The van der Waals surface area contributed by atoms with Gasteiger partial charge in [-0.3, -0.25) is 20.0 Å². The van der Waals surface area contributed by atoms with Crippen molar-refractivity contribution in [2.45, 2.75) is 6.42 Å². The van der Waals surface area contributed by atoms with Crippen LogP contribution in [0.15, 0.2) is 24.5 Å². The summed E-state index contributed by atoms with van der Waals surface area (Å²) >= 11 is 0. The third kappa shape index (κ3) is 3.53. The number of non-ortho nitro benzene ring substituents is 1. The number of carbonyl (C=O) groups is 1. The van der Waals surface area contributed by atoms with Crippen LogP contribution in [-0.4, -0.2) is 39.6 Å². The minimum absolute atomic E-state index is 0.130. The second-order valence-corrected chi connectivity index (χ2v) is 4.18. The Balaban J connectivity index is 2.06. The molecule has 0 fully saturated rings. The van der Waals surface area contributed by atoms with Gasteiger partial charge >= 0.3 is 0 Å². The molecule has 0 aliphatic rings. The molecule has 0 spiro atoms. The molecule has 2 rings (SSSR count). The zero-order chi connectivity index (χ0) is 15.2. The van der Waals surface area contributed by atoms with E-state index in [0.29, 0.717) is 24.5 Å². The van der Waals surface area contributed by atoms with Gasteiger partial charge in [0.2, 0.25) is 0 Å². The van der Waals surface area contributed by atoms with Gasteiger partial charge in [-0.25, -0.2) is 4.98 Å². The highest BCUT2D eigenvalue weighted by molar-refractivity contribution is 6.00. The number of anilines is 1. The largest absolute Gasteiger partial charge is 0.387 e. The molecule has 0 saturated heterocycles. The Hall–Kier alpha value is -2.97. The van der Waals surface area contributed by atoms with Crippen LogP contribution < -0.4 is 10.6 Å². The van der Waals surface area contributed by atoms with Gasteiger partial charge in [-0.1, -0.05) is 0 Å². The summed E-state index contributed by atoms with van der Waals surface area (Å²) in [5, 5.41) is 22.7. The summed E-state index contributed by atoms with van der Waals surface area (Å²) in [5.41, 5.74) is 0.622. The summed E-state index contributed by atoms with van der Waals surface area (Å²) in [4.78, 5) is 26.3. The maximum atomic E-state index is 12.1. The molecule has 2 aromatic rings. The maximum Gasteiger partial charge on any atom is 0.270 e. The van der Waals surface area contributed by atoms with Gasteiger partial charge in [0.25, 0.3) is 11.6 Å². The van der Waals surface area contributed by atoms with E-state index in [4.69, 9.17) is 0 Å². The molecule has 0 aliphatic carbocycles. The van der Waals surface area contributed by atoms with Gasteiger partial charge in [0.1, 0.15) is 12.2 Å². The van der Waals surface area contributed by atoms with E-state index in [1.807, 2.05) is 0 Å². The lowest BCUT2D eigenvalue weighted by molar-refractivity contribution is -0.384. The molecule has 1 aromatic carbocycles. The Morgan fingerprint density at radius 3 is 2.90 bits per heavy atom. The number of hydrogen-bond acceptors (Lipinski definition) is 6. The van der Waals surface area contributed by atoms with E-state index >= 15 is 0 Å². The number of amides is 1. The predicted octanol–water partition coefficient (Wildman–Crippen LogP) is 0.727. The molecule has 9 heteroatoms. The van der Waals surface area contributed by atoms with E-state index < -0.39 is 4.92 Å². The third-order valence-electron chi connectivity index (χ3n) is 2.84. The highest BCUT2D eigenvalue weighted by atomic mass is 16.6. The lowest BCUT2D eigenvalue weighted by atomic mass is 10.1. The Labute approximate surface area is 119 Å². The first kappa shape index (κ1) is 14.4. The second kappa shape index (κ2) is 6.46. The lowest BCUT2D eigenvalue weighted by Crippen LogP contribution is -2.26. The highest BCUT2D eigenvalue weighted by Gasteiger charge is 2.15. The van der Waals surface area contributed by atoms with Crippen LogP contribution in [0.3, 0.4) is 0 Å². The number of nitro groups is 1. The van der Waals surface area contributed by atoms with Crippen LogP contribution in [0.1, 0.15) is 16.2 Å². The van der Waals surface area contributed by atoms with Crippen LogP contribution in [-0.2, 0) is 6.42 Å². The molecule has 110 valence electrons. The Kier molecular flexibility index (Phi) is 4.44. The summed E-state index contributed by atoms with van der Waals surface area (Å²) in [5.74, 6) is 0.269. The van der Waals surface area contributed by atoms with Crippen molar-refractivity contribution >= 4 is 17.3 Å². The fourth-order valence-corrected chi connectivity index (χ4v) is 1.79. The van der Waals surface area contributed by atoms with Crippen molar-refractivity contribution < 1.29 is 9.72 Å². The quantitative estimate of drug-likeness (QED) is 0.531. The predicted molar refractivity (Wildman–Crippen MR) is 75.1 cm³/mol. The number of H-pyrrole nitrogens is 1. The number of nitrogens with zero attached hydrogens (tertiary/aromatic N) is 3. The van der Waals surface area contributed by atoms with Crippen LogP contribution in [0.4, 0.5) is 11.4 Å². The number of rotatable bonds is 6. The lowest BCUT2D eigenvalue weighted by Gasteiger charge is -2.09. The minimum atomic E-state index is -0.537. The Bertz CT molecular complexity index is 640. The summed E-state index contributed by atoms with van der Waals surface area (Å²) in [6, 6.07) is 4.09. The fraction of sp³-hybridized carbons (Fsp3) is 0.250. The minimum Gasteiger partial charge on any atom is -0.387 e. The standard InChI is InChI=1S/C12H14N6O3/c1-13-10-3-2-8(18(20)21)6-9(10)12(19)14-5-4-11-15-7-16-17-11/h2-3,6-7,13H,4-5H2,1H3,(H,14,19)(H,15,16,17). The second-order valence-electron chi connectivity index (χ2n) is 4.18. The van der Waals surface area contributed by atoms with Crippen molar-refractivity contribution in [3.05, 3.63) is 46.0 Å². The van der Waals surface area contributed by atoms with E-state index in [1.165, 1.54) is 24.5 Å². The molecule has 0 radical (unpaired) electrons. The van der Waals surface area contributed by atoms with E-state index in [0.717, 1.165) is 0 Å². The van der Waals surface area contributed by atoms with Gasteiger partial charge in [-0.15, -0.1) is 0 Å². The number of nitro benzene ring substituents is 1. The molecule has 0 saturated carbocycles. The zero-order valence-electron chi connectivity index (χ0n) is 11.3. The molecule has 1 heterocycles. The molecule has 1 amide bonds. The molecule has 0 unspecified atom stereocenters. The SMILES string of the molecule is CNc1ccc([N+](=O)[O-])cc1C(=O)NCCc1ncn[nH]1. The summed E-state index contributed by atoms with van der Waals surface area (Å²) in [7, 11) is 1.65. The van der Waals surface area contributed by atoms with Gasteiger partial charge in [-0.05, 0) is 6.07 Å². The molecule has 1 aromatic heterocycles. The van der Waals surface area contributed by atoms with Crippen molar-refractivity contribution in [3.8, 4) is 0 Å². The van der Waals surface area contributed by atoms with Gasteiger partial charge in [-0.2, -0.15) is 5.10 Å². The van der Waals surface area contributed by atoms with Gasteiger partial charge < -0.3 is 10.6 Å². The molecule has 3 N–H and O–H groups in total. The van der Waals surface area contributed by atoms with Crippen LogP contribution in [0.2, 0.25) is 0 Å². The van der Waals surface area contributed by atoms with Gasteiger partial charge in [0, 0.05) is 37.8 Å². The van der Waals surface area contributed by atoms with Crippen LogP contribution >= 0.6 is 0 Å². The smallest absolute Gasteiger partial charge is 0.270 e. The molecule has 21 heavy (non-hydrogen) atoms.